The summed E-state index contributed by atoms with van der Waals surface area (Å²) in [6.45, 7) is 6.93. The summed E-state index contributed by atoms with van der Waals surface area (Å²) in [5.74, 6) is 0.389. The van der Waals surface area contributed by atoms with Gasteiger partial charge in [-0.15, -0.1) is 0 Å². The van der Waals surface area contributed by atoms with Gasteiger partial charge in [0, 0.05) is 19.2 Å². The number of hydrogen-bond donors (Lipinski definition) is 1. The normalized spacial score (nSPS) is 14.5. The molecule has 108 valence electrons. The Labute approximate surface area is 115 Å². The van der Waals surface area contributed by atoms with E-state index in [-0.39, 0.29) is 23.7 Å². The number of ether oxygens (including phenoxy) is 2. The maximum absolute atomic E-state index is 13.7. The zero-order valence-electron chi connectivity index (χ0n) is 12.4. The van der Waals surface area contributed by atoms with E-state index in [9.17, 15) is 4.39 Å². The summed E-state index contributed by atoms with van der Waals surface area (Å²) in [5.41, 5.74) is 0.903. The minimum Gasteiger partial charge on any atom is -0.494 e. The zero-order chi connectivity index (χ0) is 14.4. The van der Waals surface area contributed by atoms with Crippen molar-refractivity contribution in [3.63, 3.8) is 0 Å². The van der Waals surface area contributed by atoms with E-state index in [1.165, 1.54) is 13.2 Å². The van der Waals surface area contributed by atoms with Crippen LogP contribution in [0, 0.1) is 11.7 Å². The summed E-state index contributed by atoms with van der Waals surface area (Å²) in [6, 6.07) is 5.35. The summed E-state index contributed by atoms with van der Waals surface area (Å²) in [7, 11) is 3.15. The average molecular weight is 269 g/mol. The van der Waals surface area contributed by atoms with E-state index in [0.29, 0.717) is 12.5 Å². The van der Waals surface area contributed by atoms with Crippen LogP contribution < -0.4 is 10.1 Å². The summed E-state index contributed by atoms with van der Waals surface area (Å²) in [4.78, 5) is 0. The van der Waals surface area contributed by atoms with Crippen LogP contribution in [0.25, 0.3) is 0 Å². The number of hydrogen-bond acceptors (Lipinski definition) is 3. The first-order valence-corrected chi connectivity index (χ1v) is 6.58. The van der Waals surface area contributed by atoms with Gasteiger partial charge in [0.2, 0.25) is 0 Å². The Balaban J connectivity index is 2.76. The first-order valence-electron chi connectivity index (χ1n) is 6.58. The Kier molecular flexibility index (Phi) is 6.25. The van der Waals surface area contributed by atoms with E-state index in [2.05, 4.69) is 19.2 Å². The molecular weight excluding hydrogens is 245 g/mol. The molecule has 1 N–H and O–H groups in total. The van der Waals surface area contributed by atoms with Gasteiger partial charge < -0.3 is 14.8 Å². The highest BCUT2D eigenvalue weighted by Crippen LogP contribution is 2.22. The van der Waals surface area contributed by atoms with Crippen LogP contribution in [0.4, 0.5) is 4.39 Å². The summed E-state index contributed by atoms with van der Waals surface area (Å²) < 4.78 is 23.8. The molecule has 1 aromatic rings. The molecule has 0 saturated heterocycles. The maximum Gasteiger partial charge on any atom is 0.165 e. The van der Waals surface area contributed by atoms with Crippen LogP contribution in [-0.4, -0.2) is 26.9 Å². The quantitative estimate of drug-likeness (QED) is 0.825. The van der Waals surface area contributed by atoms with Gasteiger partial charge in [-0.2, -0.15) is 0 Å². The van der Waals surface area contributed by atoms with E-state index < -0.39 is 0 Å². The lowest BCUT2D eigenvalue weighted by atomic mass is 10.0. The molecule has 0 radical (unpaired) electrons. The SMILES string of the molecule is COCC(NC(C)c1ccc(OC)c(F)c1)C(C)C. The largest absolute Gasteiger partial charge is 0.494 e. The second-order valence-electron chi connectivity index (χ2n) is 5.09. The maximum atomic E-state index is 13.7. The predicted octanol–water partition coefficient (Wildman–Crippen LogP) is 3.16. The second kappa shape index (κ2) is 7.46. The standard InChI is InChI=1S/C15H24FNO2/c1-10(2)14(9-18-4)17-11(3)12-6-7-15(19-5)13(16)8-12/h6-8,10-11,14,17H,9H2,1-5H3. The molecule has 0 bridgehead atoms. The lowest BCUT2D eigenvalue weighted by Gasteiger charge is -2.26. The van der Waals surface area contributed by atoms with Crippen molar-refractivity contribution in [3.8, 4) is 5.75 Å². The van der Waals surface area contributed by atoms with Crippen molar-refractivity contribution < 1.29 is 13.9 Å². The van der Waals surface area contributed by atoms with Gasteiger partial charge in [0.25, 0.3) is 0 Å². The van der Waals surface area contributed by atoms with Gasteiger partial charge in [-0.25, -0.2) is 4.39 Å². The molecule has 1 aromatic carbocycles. The molecule has 0 spiro atoms. The number of halogens is 1. The third-order valence-electron chi connectivity index (χ3n) is 3.29. The molecule has 0 aliphatic rings. The Morgan fingerprint density at radius 3 is 2.37 bits per heavy atom. The third-order valence-corrected chi connectivity index (χ3v) is 3.29. The monoisotopic (exact) mass is 269 g/mol. The molecule has 3 nitrogen and oxygen atoms in total. The molecule has 0 aliphatic carbocycles. The van der Waals surface area contributed by atoms with Gasteiger partial charge in [-0.3, -0.25) is 0 Å². The fourth-order valence-electron chi connectivity index (χ4n) is 1.98. The van der Waals surface area contributed by atoms with Crippen molar-refractivity contribution in [1.82, 2.24) is 5.32 Å². The van der Waals surface area contributed by atoms with Crippen LogP contribution in [-0.2, 0) is 4.74 Å². The van der Waals surface area contributed by atoms with Crippen molar-refractivity contribution in [3.05, 3.63) is 29.6 Å². The van der Waals surface area contributed by atoms with E-state index in [4.69, 9.17) is 9.47 Å². The molecule has 0 aromatic heterocycles. The minimum absolute atomic E-state index is 0.0583. The molecule has 0 saturated carbocycles. The number of methoxy groups -OCH3 is 2. The lowest BCUT2D eigenvalue weighted by Crippen LogP contribution is -2.39. The molecule has 0 amide bonds. The van der Waals surface area contributed by atoms with Crippen LogP contribution in [0.5, 0.6) is 5.75 Å². The first kappa shape index (κ1) is 15.9. The van der Waals surface area contributed by atoms with Crippen molar-refractivity contribution >= 4 is 0 Å². The molecule has 0 heterocycles. The highest BCUT2D eigenvalue weighted by molar-refractivity contribution is 5.30. The molecule has 0 fully saturated rings. The number of benzene rings is 1. The van der Waals surface area contributed by atoms with Gasteiger partial charge in [-0.05, 0) is 30.5 Å². The first-order chi connectivity index (χ1) is 8.99. The molecular formula is C15H24FNO2. The predicted molar refractivity (Wildman–Crippen MR) is 75.0 cm³/mol. The van der Waals surface area contributed by atoms with E-state index >= 15 is 0 Å². The number of nitrogens with one attached hydrogen (secondary N) is 1. The van der Waals surface area contributed by atoms with Crippen molar-refractivity contribution in [1.29, 1.82) is 0 Å². The van der Waals surface area contributed by atoms with Crippen LogP contribution >= 0.6 is 0 Å². The van der Waals surface area contributed by atoms with Crippen LogP contribution in [0.2, 0.25) is 0 Å². The van der Waals surface area contributed by atoms with E-state index in [1.54, 1.807) is 13.2 Å². The Bertz CT molecular complexity index is 396. The second-order valence-corrected chi connectivity index (χ2v) is 5.09. The average Bonchev–Trinajstić information content (AvgIpc) is 2.37. The highest BCUT2D eigenvalue weighted by atomic mass is 19.1. The Hall–Kier alpha value is -1.13. The van der Waals surface area contributed by atoms with E-state index in [0.717, 1.165) is 5.56 Å². The van der Waals surface area contributed by atoms with Crippen molar-refractivity contribution in [2.75, 3.05) is 20.8 Å². The van der Waals surface area contributed by atoms with Crippen LogP contribution in [0.3, 0.4) is 0 Å². The van der Waals surface area contributed by atoms with Gasteiger partial charge >= 0.3 is 0 Å². The third kappa shape index (κ3) is 4.48. The molecule has 19 heavy (non-hydrogen) atoms. The van der Waals surface area contributed by atoms with Crippen molar-refractivity contribution in [2.45, 2.75) is 32.9 Å². The van der Waals surface area contributed by atoms with Crippen LogP contribution in [0.15, 0.2) is 18.2 Å². The molecule has 2 unspecified atom stereocenters. The van der Waals surface area contributed by atoms with Crippen LogP contribution in [0.1, 0.15) is 32.4 Å². The lowest BCUT2D eigenvalue weighted by molar-refractivity contribution is 0.141. The Morgan fingerprint density at radius 2 is 1.89 bits per heavy atom. The number of rotatable bonds is 7. The van der Waals surface area contributed by atoms with Crippen molar-refractivity contribution in [2.24, 2.45) is 5.92 Å². The van der Waals surface area contributed by atoms with Gasteiger partial charge in [0.1, 0.15) is 0 Å². The Morgan fingerprint density at radius 1 is 1.21 bits per heavy atom. The highest BCUT2D eigenvalue weighted by Gasteiger charge is 2.17. The van der Waals surface area contributed by atoms with Gasteiger partial charge in [0.15, 0.2) is 11.6 Å². The smallest absolute Gasteiger partial charge is 0.165 e. The van der Waals surface area contributed by atoms with E-state index in [1.807, 2.05) is 13.0 Å². The molecule has 2 atom stereocenters. The summed E-state index contributed by atoms with van der Waals surface area (Å²) in [6.07, 6.45) is 0. The van der Waals surface area contributed by atoms with Gasteiger partial charge in [-0.1, -0.05) is 19.9 Å². The molecule has 0 aliphatic heterocycles. The molecule has 1 rings (SSSR count). The van der Waals surface area contributed by atoms with Gasteiger partial charge in [0.05, 0.1) is 13.7 Å². The fraction of sp³-hybridized carbons (Fsp3) is 0.600. The fourth-order valence-corrected chi connectivity index (χ4v) is 1.98. The zero-order valence-corrected chi connectivity index (χ0v) is 12.4. The summed E-state index contributed by atoms with van der Waals surface area (Å²) in [5, 5.41) is 3.47. The minimum atomic E-state index is -0.332. The molecule has 4 heteroatoms. The topological polar surface area (TPSA) is 30.5 Å². The summed E-state index contributed by atoms with van der Waals surface area (Å²) >= 11 is 0.